The molecule has 0 radical (unpaired) electrons. The highest BCUT2D eigenvalue weighted by atomic mass is 35.5. The first-order valence-electron chi connectivity index (χ1n) is 5.23. The van der Waals surface area contributed by atoms with Gasteiger partial charge in [0.05, 0.1) is 16.3 Å². The smallest absolute Gasteiger partial charge is 0.387 e. The van der Waals surface area contributed by atoms with E-state index in [9.17, 15) is 13.2 Å². The zero-order valence-corrected chi connectivity index (χ0v) is 11.0. The highest BCUT2D eigenvalue weighted by Gasteiger charge is 2.31. The Morgan fingerprint density at radius 1 is 1.22 bits per heavy atom. The summed E-state index contributed by atoms with van der Waals surface area (Å²) in [6.07, 6.45) is -4.43. The summed E-state index contributed by atoms with van der Waals surface area (Å²) in [7, 11) is 0. The van der Waals surface area contributed by atoms with Crippen molar-refractivity contribution >= 4 is 23.1 Å². The van der Waals surface area contributed by atoms with Gasteiger partial charge in [0.15, 0.2) is 0 Å². The summed E-state index contributed by atoms with van der Waals surface area (Å²) < 4.78 is 37.6. The molecule has 0 saturated carbocycles. The molecule has 0 heterocycles. The van der Waals surface area contributed by atoms with Crippen LogP contribution in [0.4, 0.5) is 18.9 Å². The molecule has 6 heteroatoms. The molecule has 0 atom stereocenters. The molecule has 18 heavy (non-hydrogen) atoms. The van der Waals surface area contributed by atoms with Crippen molar-refractivity contribution in [2.75, 3.05) is 0 Å². The lowest BCUT2D eigenvalue weighted by Gasteiger charge is -2.17. The van der Waals surface area contributed by atoms with Crippen LogP contribution in [0, 0.1) is 5.41 Å². The minimum absolute atomic E-state index is 0.0268. The Balaban J connectivity index is 3.26. The molecule has 0 aliphatic rings. The molecule has 0 spiro atoms. The van der Waals surface area contributed by atoms with Crippen molar-refractivity contribution in [1.82, 2.24) is 0 Å². The lowest BCUT2D eigenvalue weighted by molar-refractivity contribution is -0.137. The van der Waals surface area contributed by atoms with Crippen LogP contribution in [0.1, 0.15) is 26.3 Å². The quantitative estimate of drug-likeness (QED) is 0.600. The molecule has 2 nitrogen and oxygen atoms in total. The summed E-state index contributed by atoms with van der Waals surface area (Å²) in [6, 6.07) is 2.97. The van der Waals surface area contributed by atoms with E-state index >= 15 is 0 Å². The van der Waals surface area contributed by atoms with Crippen molar-refractivity contribution in [3.63, 3.8) is 0 Å². The van der Waals surface area contributed by atoms with Gasteiger partial charge in [-0.25, -0.2) is 4.99 Å². The van der Waals surface area contributed by atoms with Gasteiger partial charge >= 0.3 is 6.18 Å². The number of aliphatic imine (C=N–C) groups is 1. The van der Waals surface area contributed by atoms with Gasteiger partial charge in [0.2, 0.25) is 0 Å². The maximum Gasteiger partial charge on any atom is 0.416 e. The molecular formula is C12H14ClF3N2. The van der Waals surface area contributed by atoms with Crippen molar-refractivity contribution < 1.29 is 13.2 Å². The molecule has 0 aromatic heterocycles. The Morgan fingerprint density at radius 3 is 2.22 bits per heavy atom. The summed E-state index contributed by atoms with van der Waals surface area (Å²) >= 11 is 5.81. The van der Waals surface area contributed by atoms with E-state index in [4.69, 9.17) is 17.3 Å². The van der Waals surface area contributed by atoms with Gasteiger partial charge in [0.1, 0.15) is 5.84 Å². The van der Waals surface area contributed by atoms with E-state index in [1.807, 2.05) is 20.8 Å². The number of rotatable bonds is 1. The molecule has 0 aliphatic heterocycles. The Labute approximate surface area is 109 Å². The van der Waals surface area contributed by atoms with E-state index in [1.165, 1.54) is 6.07 Å². The minimum Gasteiger partial charge on any atom is -0.387 e. The van der Waals surface area contributed by atoms with Crippen LogP contribution in [-0.2, 0) is 6.18 Å². The van der Waals surface area contributed by atoms with E-state index in [2.05, 4.69) is 4.99 Å². The lowest BCUT2D eigenvalue weighted by Crippen LogP contribution is -2.28. The first kappa shape index (κ1) is 14.8. The van der Waals surface area contributed by atoms with Crippen LogP contribution in [0.25, 0.3) is 0 Å². The number of nitrogens with zero attached hydrogens (tertiary/aromatic N) is 1. The molecule has 1 aromatic carbocycles. The van der Waals surface area contributed by atoms with Crippen LogP contribution in [0.2, 0.25) is 5.02 Å². The van der Waals surface area contributed by atoms with Crippen LogP contribution >= 0.6 is 11.6 Å². The second kappa shape index (κ2) is 4.80. The fourth-order valence-electron chi connectivity index (χ4n) is 1.07. The molecule has 0 saturated heterocycles. The van der Waals surface area contributed by atoms with Crippen molar-refractivity contribution in [2.45, 2.75) is 26.9 Å². The van der Waals surface area contributed by atoms with Gasteiger partial charge in [-0.15, -0.1) is 0 Å². The molecule has 0 fully saturated rings. The van der Waals surface area contributed by atoms with E-state index in [-0.39, 0.29) is 16.5 Å². The fourth-order valence-corrected chi connectivity index (χ4v) is 1.23. The minimum atomic E-state index is -4.43. The van der Waals surface area contributed by atoms with Gasteiger partial charge in [0.25, 0.3) is 0 Å². The Bertz CT molecular complexity index is 473. The van der Waals surface area contributed by atoms with Crippen LogP contribution in [0.15, 0.2) is 23.2 Å². The van der Waals surface area contributed by atoms with Gasteiger partial charge in [0, 0.05) is 5.41 Å². The third-order valence-corrected chi connectivity index (χ3v) is 2.60. The summed E-state index contributed by atoms with van der Waals surface area (Å²) in [6.45, 7) is 5.44. The average Bonchev–Trinajstić information content (AvgIpc) is 2.18. The second-order valence-electron chi connectivity index (χ2n) is 4.91. The van der Waals surface area contributed by atoms with Crippen molar-refractivity contribution in [3.8, 4) is 0 Å². The molecule has 0 bridgehead atoms. The maximum atomic E-state index is 12.5. The number of nitrogens with two attached hydrogens (primary N) is 1. The Kier molecular flexibility index (Phi) is 3.96. The molecule has 100 valence electrons. The van der Waals surface area contributed by atoms with Crippen LogP contribution in [0.3, 0.4) is 0 Å². The monoisotopic (exact) mass is 278 g/mol. The maximum absolute atomic E-state index is 12.5. The van der Waals surface area contributed by atoms with Crippen molar-refractivity contribution in [2.24, 2.45) is 16.1 Å². The number of benzene rings is 1. The van der Waals surface area contributed by atoms with Crippen molar-refractivity contribution in [3.05, 3.63) is 28.8 Å². The van der Waals surface area contributed by atoms with Gasteiger partial charge in [-0.3, -0.25) is 0 Å². The van der Waals surface area contributed by atoms with E-state index < -0.39 is 17.2 Å². The number of halogens is 4. The Hall–Kier alpha value is -1.23. The molecule has 0 aliphatic carbocycles. The number of amidine groups is 1. The normalized spacial score (nSPS) is 13.8. The highest BCUT2D eigenvalue weighted by Crippen LogP contribution is 2.35. The van der Waals surface area contributed by atoms with Crippen LogP contribution in [-0.4, -0.2) is 5.84 Å². The topological polar surface area (TPSA) is 38.4 Å². The first-order valence-corrected chi connectivity index (χ1v) is 5.61. The summed E-state index contributed by atoms with van der Waals surface area (Å²) in [5.41, 5.74) is 4.52. The highest BCUT2D eigenvalue weighted by molar-refractivity contribution is 6.33. The number of hydrogen-bond donors (Lipinski definition) is 1. The fraction of sp³-hybridized carbons (Fsp3) is 0.417. The zero-order chi connectivity index (χ0) is 14.1. The average molecular weight is 279 g/mol. The van der Waals surface area contributed by atoms with Gasteiger partial charge in [-0.1, -0.05) is 32.4 Å². The zero-order valence-electron chi connectivity index (χ0n) is 10.3. The molecular weight excluding hydrogens is 265 g/mol. The van der Waals surface area contributed by atoms with Gasteiger partial charge in [-0.05, 0) is 18.2 Å². The van der Waals surface area contributed by atoms with E-state index in [1.54, 1.807) is 0 Å². The third kappa shape index (κ3) is 3.63. The molecule has 1 rings (SSSR count). The second-order valence-corrected chi connectivity index (χ2v) is 5.32. The predicted molar refractivity (Wildman–Crippen MR) is 67.2 cm³/mol. The molecule has 0 amide bonds. The predicted octanol–water partition coefficient (Wildman–Crippen LogP) is 4.39. The van der Waals surface area contributed by atoms with Crippen molar-refractivity contribution in [1.29, 1.82) is 0 Å². The largest absolute Gasteiger partial charge is 0.416 e. The summed E-state index contributed by atoms with van der Waals surface area (Å²) in [5, 5.41) is 0.134. The lowest BCUT2D eigenvalue weighted by atomic mass is 9.95. The molecule has 1 aromatic rings. The SMILES string of the molecule is CC(C)(C)C(N)=Nc1cc(C(F)(F)F)ccc1Cl. The van der Waals surface area contributed by atoms with Crippen LogP contribution in [0.5, 0.6) is 0 Å². The summed E-state index contributed by atoms with van der Waals surface area (Å²) in [4.78, 5) is 3.97. The van der Waals surface area contributed by atoms with E-state index in [0.717, 1.165) is 12.1 Å². The molecule has 0 unspecified atom stereocenters. The molecule has 2 N–H and O–H groups in total. The standard InChI is InChI=1S/C12H14ClF3N2/c1-11(2,3)10(17)18-9-6-7(12(14,15)16)4-5-8(9)13/h4-6H,1-3H3,(H2,17,18). The summed E-state index contributed by atoms with van der Waals surface area (Å²) in [5.74, 6) is 0.226. The number of alkyl halides is 3. The first-order chi connectivity index (χ1) is 8.01. The van der Waals surface area contributed by atoms with E-state index in [0.29, 0.717) is 0 Å². The number of hydrogen-bond acceptors (Lipinski definition) is 1. The Morgan fingerprint density at radius 2 is 1.78 bits per heavy atom. The third-order valence-electron chi connectivity index (χ3n) is 2.28. The van der Waals surface area contributed by atoms with Gasteiger partial charge < -0.3 is 5.73 Å². The van der Waals surface area contributed by atoms with Gasteiger partial charge in [-0.2, -0.15) is 13.2 Å². The van der Waals surface area contributed by atoms with Crippen LogP contribution < -0.4 is 5.73 Å².